The molecule has 0 spiro atoms. The first-order chi connectivity index (χ1) is 7.75. The fraction of sp³-hybridized carbons (Fsp3) is 0.500. The number of hydrogen-bond acceptors (Lipinski definition) is 2. The minimum Gasteiger partial charge on any atom is -0.508 e. The van der Waals surface area contributed by atoms with Gasteiger partial charge in [-0.2, -0.15) is 0 Å². The topological polar surface area (TPSA) is 37.3 Å². The average molecular weight is 218 g/mol. The van der Waals surface area contributed by atoms with E-state index in [4.69, 9.17) is 5.11 Å². The Hall–Kier alpha value is -1.31. The molecule has 0 radical (unpaired) electrons. The summed E-state index contributed by atoms with van der Waals surface area (Å²) in [7, 11) is 0. The molecular formula is C14H18O2. The standard InChI is InChI=1S/C14H18O2/c15-13-8-6-11(7-9-13)10-14(16)12-4-2-1-3-5-12/h6-9,12,15H,1-5,10H2. The normalized spacial score (nSPS) is 17.2. The lowest BCUT2D eigenvalue weighted by Gasteiger charge is -2.20. The van der Waals surface area contributed by atoms with Gasteiger partial charge in [0.2, 0.25) is 0 Å². The molecule has 1 fully saturated rings. The average Bonchev–Trinajstić information content (AvgIpc) is 2.33. The molecule has 1 aromatic carbocycles. The number of hydrogen-bond donors (Lipinski definition) is 1. The van der Waals surface area contributed by atoms with Crippen molar-refractivity contribution in [1.29, 1.82) is 0 Å². The Bertz CT molecular complexity index is 348. The van der Waals surface area contributed by atoms with Crippen LogP contribution in [0.4, 0.5) is 0 Å². The summed E-state index contributed by atoms with van der Waals surface area (Å²) < 4.78 is 0. The summed E-state index contributed by atoms with van der Waals surface area (Å²) in [5.41, 5.74) is 1.01. The zero-order valence-corrected chi connectivity index (χ0v) is 9.48. The van der Waals surface area contributed by atoms with Crippen LogP contribution in [-0.2, 0) is 11.2 Å². The van der Waals surface area contributed by atoms with Crippen LogP contribution in [0.1, 0.15) is 37.7 Å². The Labute approximate surface area is 96.3 Å². The second-order valence-corrected chi connectivity index (χ2v) is 4.64. The Morgan fingerprint density at radius 3 is 2.38 bits per heavy atom. The van der Waals surface area contributed by atoms with Gasteiger partial charge < -0.3 is 5.11 Å². The van der Waals surface area contributed by atoms with Crippen molar-refractivity contribution in [3.8, 4) is 5.75 Å². The van der Waals surface area contributed by atoms with Crippen molar-refractivity contribution in [2.45, 2.75) is 38.5 Å². The summed E-state index contributed by atoms with van der Waals surface area (Å²) in [6.07, 6.45) is 6.33. The minimum absolute atomic E-state index is 0.258. The number of carbonyl (C=O) groups is 1. The van der Waals surface area contributed by atoms with E-state index in [1.54, 1.807) is 12.1 Å². The molecule has 16 heavy (non-hydrogen) atoms. The van der Waals surface area contributed by atoms with Crippen LogP contribution in [0.3, 0.4) is 0 Å². The van der Waals surface area contributed by atoms with Crippen molar-refractivity contribution >= 4 is 5.78 Å². The number of aromatic hydroxyl groups is 1. The van der Waals surface area contributed by atoms with Crippen molar-refractivity contribution in [3.63, 3.8) is 0 Å². The molecule has 1 aliphatic carbocycles. The molecule has 0 amide bonds. The number of ketones is 1. The zero-order valence-electron chi connectivity index (χ0n) is 9.48. The molecule has 1 N–H and O–H groups in total. The molecule has 1 saturated carbocycles. The van der Waals surface area contributed by atoms with Gasteiger partial charge in [-0.3, -0.25) is 4.79 Å². The minimum atomic E-state index is 0.258. The van der Waals surface area contributed by atoms with Crippen molar-refractivity contribution in [2.75, 3.05) is 0 Å². The van der Waals surface area contributed by atoms with Crippen LogP contribution in [-0.4, -0.2) is 10.9 Å². The Morgan fingerprint density at radius 2 is 1.75 bits per heavy atom. The molecule has 0 atom stereocenters. The van der Waals surface area contributed by atoms with E-state index in [1.807, 2.05) is 12.1 Å². The van der Waals surface area contributed by atoms with Gasteiger partial charge in [0.1, 0.15) is 11.5 Å². The zero-order chi connectivity index (χ0) is 11.4. The van der Waals surface area contributed by atoms with Crippen molar-refractivity contribution in [1.82, 2.24) is 0 Å². The largest absolute Gasteiger partial charge is 0.508 e. The first kappa shape index (κ1) is 11.2. The van der Waals surface area contributed by atoms with Crippen molar-refractivity contribution < 1.29 is 9.90 Å². The fourth-order valence-electron chi connectivity index (χ4n) is 2.38. The van der Waals surface area contributed by atoms with Gasteiger partial charge in [-0.1, -0.05) is 31.4 Å². The predicted octanol–water partition coefficient (Wildman–Crippen LogP) is 3.08. The van der Waals surface area contributed by atoms with E-state index < -0.39 is 0 Å². The molecule has 86 valence electrons. The van der Waals surface area contributed by atoms with Gasteiger partial charge in [0.15, 0.2) is 0 Å². The molecule has 0 saturated heterocycles. The van der Waals surface area contributed by atoms with E-state index >= 15 is 0 Å². The number of carbonyl (C=O) groups excluding carboxylic acids is 1. The third-order valence-electron chi connectivity index (χ3n) is 3.38. The van der Waals surface area contributed by atoms with E-state index in [9.17, 15) is 4.79 Å². The van der Waals surface area contributed by atoms with Gasteiger partial charge in [0.05, 0.1) is 0 Å². The number of phenols is 1. The Morgan fingerprint density at radius 1 is 1.12 bits per heavy atom. The SMILES string of the molecule is O=C(Cc1ccc(O)cc1)C1CCCCC1. The first-order valence-electron chi connectivity index (χ1n) is 6.06. The van der Waals surface area contributed by atoms with E-state index in [0.29, 0.717) is 12.2 Å². The molecule has 1 aliphatic rings. The monoisotopic (exact) mass is 218 g/mol. The maximum atomic E-state index is 12.0. The Kier molecular flexibility index (Phi) is 3.60. The highest BCUT2D eigenvalue weighted by molar-refractivity contribution is 5.83. The summed E-state index contributed by atoms with van der Waals surface area (Å²) in [5, 5.41) is 9.15. The lowest BCUT2D eigenvalue weighted by atomic mass is 9.84. The summed E-state index contributed by atoms with van der Waals surface area (Å²) in [5.74, 6) is 0.904. The molecule has 0 bridgehead atoms. The quantitative estimate of drug-likeness (QED) is 0.846. The van der Waals surface area contributed by atoms with Crippen LogP contribution in [0.2, 0.25) is 0 Å². The fourth-order valence-corrected chi connectivity index (χ4v) is 2.38. The van der Waals surface area contributed by atoms with Crippen LogP contribution in [0, 0.1) is 5.92 Å². The van der Waals surface area contributed by atoms with Crippen molar-refractivity contribution in [3.05, 3.63) is 29.8 Å². The predicted molar refractivity (Wildman–Crippen MR) is 63.4 cm³/mol. The first-order valence-corrected chi connectivity index (χ1v) is 6.06. The third kappa shape index (κ3) is 2.84. The van der Waals surface area contributed by atoms with E-state index in [2.05, 4.69) is 0 Å². The van der Waals surface area contributed by atoms with Gasteiger partial charge in [0.25, 0.3) is 0 Å². The highest BCUT2D eigenvalue weighted by Crippen LogP contribution is 2.25. The molecular weight excluding hydrogens is 200 g/mol. The number of rotatable bonds is 3. The summed E-state index contributed by atoms with van der Waals surface area (Å²) in [4.78, 5) is 12.0. The van der Waals surface area contributed by atoms with Gasteiger partial charge in [0, 0.05) is 12.3 Å². The Balaban J connectivity index is 1.93. The molecule has 1 aromatic rings. The van der Waals surface area contributed by atoms with Crippen LogP contribution in [0.15, 0.2) is 24.3 Å². The summed E-state index contributed by atoms with van der Waals surface area (Å²) >= 11 is 0. The highest BCUT2D eigenvalue weighted by Gasteiger charge is 2.20. The van der Waals surface area contributed by atoms with Crippen LogP contribution >= 0.6 is 0 Å². The maximum absolute atomic E-state index is 12.0. The smallest absolute Gasteiger partial charge is 0.140 e. The molecule has 2 heteroatoms. The van der Waals surface area contributed by atoms with Gasteiger partial charge in [-0.05, 0) is 30.5 Å². The second-order valence-electron chi connectivity index (χ2n) is 4.64. The molecule has 0 heterocycles. The molecule has 2 rings (SSSR count). The third-order valence-corrected chi connectivity index (χ3v) is 3.38. The molecule has 0 unspecified atom stereocenters. The van der Waals surface area contributed by atoms with Crippen LogP contribution in [0.25, 0.3) is 0 Å². The highest BCUT2D eigenvalue weighted by atomic mass is 16.3. The number of Topliss-reactive ketones (excluding diaryl/α,β-unsaturated/α-hetero) is 1. The second kappa shape index (κ2) is 5.15. The van der Waals surface area contributed by atoms with Gasteiger partial charge in [-0.15, -0.1) is 0 Å². The maximum Gasteiger partial charge on any atom is 0.140 e. The van der Waals surface area contributed by atoms with Gasteiger partial charge in [-0.25, -0.2) is 0 Å². The number of phenolic OH excluding ortho intramolecular Hbond substituents is 1. The van der Waals surface area contributed by atoms with Crippen molar-refractivity contribution in [2.24, 2.45) is 5.92 Å². The lowest BCUT2D eigenvalue weighted by Crippen LogP contribution is -2.19. The summed E-state index contributed by atoms with van der Waals surface area (Å²) in [6, 6.07) is 6.94. The molecule has 2 nitrogen and oxygen atoms in total. The molecule has 0 aliphatic heterocycles. The lowest BCUT2D eigenvalue weighted by molar-refractivity contribution is -0.123. The van der Waals surface area contributed by atoms with E-state index in [1.165, 1.54) is 19.3 Å². The van der Waals surface area contributed by atoms with Crippen LogP contribution in [0.5, 0.6) is 5.75 Å². The molecule has 0 aromatic heterocycles. The van der Waals surface area contributed by atoms with Gasteiger partial charge >= 0.3 is 0 Å². The summed E-state index contributed by atoms with van der Waals surface area (Å²) in [6.45, 7) is 0. The van der Waals surface area contributed by atoms with Crippen LogP contribution < -0.4 is 0 Å². The number of benzene rings is 1. The van der Waals surface area contributed by atoms with E-state index in [-0.39, 0.29) is 11.7 Å². The van der Waals surface area contributed by atoms with E-state index in [0.717, 1.165) is 18.4 Å².